The smallest absolute Gasteiger partial charge is 0.141 e. The third kappa shape index (κ3) is 3.42. The van der Waals surface area contributed by atoms with Gasteiger partial charge >= 0.3 is 0 Å². The van der Waals surface area contributed by atoms with Crippen LogP contribution in [0.5, 0.6) is 0 Å². The highest BCUT2D eigenvalue weighted by atomic mass is 127. The Labute approximate surface area is 141 Å². The van der Waals surface area contributed by atoms with Gasteiger partial charge in [0.25, 0.3) is 0 Å². The maximum absolute atomic E-state index is 6.32. The summed E-state index contributed by atoms with van der Waals surface area (Å²) in [6.45, 7) is 13.0. The van der Waals surface area contributed by atoms with E-state index in [1.807, 2.05) is 4.68 Å². The van der Waals surface area contributed by atoms with Crippen LogP contribution in [-0.4, -0.2) is 9.78 Å². The van der Waals surface area contributed by atoms with Crippen LogP contribution < -0.4 is 5.73 Å². The fourth-order valence-corrected chi connectivity index (χ4v) is 3.28. The molecule has 2 aromatic rings. The van der Waals surface area contributed by atoms with Crippen molar-refractivity contribution in [1.82, 2.24) is 9.78 Å². The molecular weight excluding hydrogens is 373 g/mol. The number of nitrogens with zero attached hydrogens (tertiary/aromatic N) is 2. The maximum Gasteiger partial charge on any atom is 0.141 e. The van der Waals surface area contributed by atoms with Gasteiger partial charge in [0.1, 0.15) is 5.82 Å². The number of rotatable bonds is 2. The first-order chi connectivity index (χ1) is 9.60. The monoisotopic (exact) mass is 397 g/mol. The number of aryl methyl sites for hydroxylation is 3. The third-order valence-corrected chi connectivity index (χ3v) is 4.65. The summed E-state index contributed by atoms with van der Waals surface area (Å²) in [6, 6.07) is 4.36. The standard InChI is InChI=1S/C17H24IN3/c1-10-7-11(2)15(12(3)8-10)21-16(19)14(18)13(20-21)9-17(4,5)6/h7-8H,9,19H2,1-6H3. The molecule has 114 valence electrons. The van der Waals surface area contributed by atoms with Gasteiger partial charge in [-0.2, -0.15) is 5.10 Å². The lowest BCUT2D eigenvalue weighted by molar-refractivity contribution is 0.404. The quantitative estimate of drug-likeness (QED) is 0.755. The molecule has 1 aromatic heterocycles. The van der Waals surface area contributed by atoms with Gasteiger partial charge in [0.05, 0.1) is 15.0 Å². The summed E-state index contributed by atoms with van der Waals surface area (Å²) in [5.41, 5.74) is 12.4. The number of hydrogen-bond acceptors (Lipinski definition) is 2. The molecule has 0 saturated carbocycles. The molecule has 0 amide bonds. The van der Waals surface area contributed by atoms with Gasteiger partial charge in [-0.05, 0) is 66.3 Å². The van der Waals surface area contributed by atoms with Gasteiger partial charge < -0.3 is 5.73 Å². The first-order valence-corrected chi connectivity index (χ1v) is 8.29. The summed E-state index contributed by atoms with van der Waals surface area (Å²) >= 11 is 2.31. The summed E-state index contributed by atoms with van der Waals surface area (Å²) < 4.78 is 2.98. The molecule has 0 fully saturated rings. The average molecular weight is 397 g/mol. The van der Waals surface area contributed by atoms with Crippen molar-refractivity contribution < 1.29 is 0 Å². The minimum Gasteiger partial charge on any atom is -0.383 e. The molecule has 0 spiro atoms. The molecule has 0 aliphatic rings. The zero-order chi connectivity index (χ0) is 15.9. The number of halogens is 1. The van der Waals surface area contributed by atoms with Gasteiger partial charge in [-0.25, -0.2) is 4.68 Å². The van der Waals surface area contributed by atoms with E-state index in [2.05, 4.69) is 76.3 Å². The molecular formula is C17H24IN3. The Morgan fingerprint density at radius 3 is 2.14 bits per heavy atom. The van der Waals surface area contributed by atoms with Crippen LogP contribution in [0.4, 0.5) is 5.82 Å². The van der Waals surface area contributed by atoms with Crippen LogP contribution in [0.15, 0.2) is 12.1 Å². The topological polar surface area (TPSA) is 43.8 Å². The number of hydrogen-bond donors (Lipinski definition) is 1. The molecule has 0 atom stereocenters. The lowest BCUT2D eigenvalue weighted by Gasteiger charge is -2.16. The van der Waals surface area contributed by atoms with Crippen molar-refractivity contribution in [1.29, 1.82) is 0 Å². The second-order valence-electron chi connectivity index (χ2n) is 7.04. The normalized spacial score (nSPS) is 12.0. The molecule has 2 N–H and O–H groups in total. The van der Waals surface area contributed by atoms with Gasteiger partial charge in [0.15, 0.2) is 0 Å². The zero-order valence-electron chi connectivity index (χ0n) is 13.7. The lowest BCUT2D eigenvalue weighted by atomic mass is 9.91. The van der Waals surface area contributed by atoms with E-state index in [1.54, 1.807) is 0 Å². The molecule has 0 unspecified atom stereocenters. The van der Waals surface area contributed by atoms with Crippen molar-refractivity contribution >= 4 is 28.4 Å². The SMILES string of the molecule is Cc1cc(C)c(-n2nc(CC(C)(C)C)c(I)c2N)c(C)c1. The second-order valence-corrected chi connectivity index (χ2v) is 8.12. The molecule has 0 aliphatic heterocycles. The number of nitrogens with two attached hydrogens (primary N) is 1. The van der Waals surface area contributed by atoms with Gasteiger partial charge in [0.2, 0.25) is 0 Å². The minimum atomic E-state index is 0.197. The van der Waals surface area contributed by atoms with Crippen molar-refractivity contribution in [3.05, 3.63) is 38.1 Å². The van der Waals surface area contributed by atoms with E-state index in [0.717, 1.165) is 27.2 Å². The van der Waals surface area contributed by atoms with E-state index < -0.39 is 0 Å². The van der Waals surface area contributed by atoms with Crippen molar-refractivity contribution in [3.63, 3.8) is 0 Å². The lowest BCUT2D eigenvalue weighted by Crippen LogP contribution is -2.11. The largest absolute Gasteiger partial charge is 0.383 e. The zero-order valence-corrected chi connectivity index (χ0v) is 15.9. The van der Waals surface area contributed by atoms with Crippen LogP contribution in [0.2, 0.25) is 0 Å². The van der Waals surface area contributed by atoms with E-state index in [0.29, 0.717) is 0 Å². The minimum absolute atomic E-state index is 0.197. The van der Waals surface area contributed by atoms with Crippen LogP contribution in [0.3, 0.4) is 0 Å². The molecule has 2 rings (SSSR count). The van der Waals surface area contributed by atoms with Crippen molar-refractivity contribution in [2.75, 3.05) is 5.73 Å². The second kappa shape index (κ2) is 5.63. The van der Waals surface area contributed by atoms with Crippen LogP contribution in [0, 0.1) is 29.8 Å². The van der Waals surface area contributed by atoms with Crippen LogP contribution in [-0.2, 0) is 6.42 Å². The summed E-state index contributed by atoms with van der Waals surface area (Å²) in [5.74, 6) is 0.741. The molecule has 21 heavy (non-hydrogen) atoms. The van der Waals surface area contributed by atoms with E-state index in [-0.39, 0.29) is 5.41 Å². The van der Waals surface area contributed by atoms with Crippen molar-refractivity contribution in [2.45, 2.75) is 48.0 Å². The van der Waals surface area contributed by atoms with Crippen LogP contribution in [0.1, 0.15) is 43.2 Å². The summed E-state index contributed by atoms with van der Waals surface area (Å²) in [7, 11) is 0. The Kier molecular flexibility index (Phi) is 4.38. The fraction of sp³-hybridized carbons (Fsp3) is 0.471. The average Bonchev–Trinajstić information content (AvgIpc) is 2.55. The highest BCUT2D eigenvalue weighted by molar-refractivity contribution is 14.1. The third-order valence-electron chi connectivity index (χ3n) is 3.47. The number of benzene rings is 1. The maximum atomic E-state index is 6.32. The Hall–Kier alpha value is -1.04. The van der Waals surface area contributed by atoms with Crippen molar-refractivity contribution in [3.8, 4) is 5.69 Å². The Bertz CT molecular complexity index is 655. The molecule has 1 heterocycles. The molecule has 0 saturated heterocycles. The summed E-state index contributed by atoms with van der Waals surface area (Å²) in [6.07, 6.45) is 0.923. The highest BCUT2D eigenvalue weighted by Gasteiger charge is 2.21. The van der Waals surface area contributed by atoms with Crippen molar-refractivity contribution in [2.24, 2.45) is 5.41 Å². The summed E-state index contributed by atoms with van der Waals surface area (Å²) in [5, 5.41) is 4.80. The Balaban J connectivity index is 2.59. The Morgan fingerprint density at radius 2 is 1.67 bits per heavy atom. The molecule has 0 bridgehead atoms. The van der Waals surface area contributed by atoms with Crippen LogP contribution in [0.25, 0.3) is 5.69 Å². The number of nitrogen functional groups attached to an aromatic ring is 1. The predicted octanol–water partition coefficient (Wildman–Crippen LogP) is 4.57. The number of anilines is 1. The Morgan fingerprint density at radius 1 is 1.14 bits per heavy atom. The highest BCUT2D eigenvalue weighted by Crippen LogP contribution is 2.30. The molecule has 0 radical (unpaired) electrons. The first kappa shape index (κ1) is 16.3. The van der Waals surface area contributed by atoms with E-state index in [4.69, 9.17) is 10.8 Å². The molecule has 3 nitrogen and oxygen atoms in total. The van der Waals surface area contributed by atoms with Gasteiger partial charge in [-0.3, -0.25) is 0 Å². The van der Waals surface area contributed by atoms with Gasteiger partial charge in [-0.1, -0.05) is 38.5 Å². The van der Waals surface area contributed by atoms with Gasteiger partial charge in [-0.15, -0.1) is 0 Å². The van der Waals surface area contributed by atoms with Crippen LogP contribution >= 0.6 is 22.6 Å². The predicted molar refractivity (Wildman–Crippen MR) is 98.1 cm³/mol. The number of aromatic nitrogens is 2. The molecule has 4 heteroatoms. The molecule has 0 aliphatic carbocycles. The van der Waals surface area contributed by atoms with E-state index >= 15 is 0 Å². The fourth-order valence-electron chi connectivity index (χ4n) is 2.75. The van der Waals surface area contributed by atoms with Gasteiger partial charge in [0, 0.05) is 0 Å². The van der Waals surface area contributed by atoms with E-state index in [1.165, 1.54) is 16.7 Å². The van der Waals surface area contributed by atoms with E-state index in [9.17, 15) is 0 Å². The molecule has 1 aromatic carbocycles. The summed E-state index contributed by atoms with van der Waals surface area (Å²) in [4.78, 5) is 0. The first-order valence-electron chi connectivity index (χ1n) is 7.21.